The van der Waals surface area contributed by atoms with Crippen molar-refractivity contribution in [3.63, 3.8) is 0 Å². The Morgan fingerprint density at radius 3 is 1.73 bits per heavy atom. The number of rotatable bonds is 0. The van der Waals surface area contributed by atoms with Gasteiger partial charge in [-0.1, -0.05) is 35.9 Å². The highest BCUT2D eigenvalue weighted by atomic mass is 14.9. The van der Waals surface area contributed by atoms with E-state index in [2.05, 4.69) is 24.4 Å². The van der Waals surface area contributed by atoms with E-state index in [1.165, 1.54) is 25.1 Å². The molecule has 0 amide bonds. The average Bonchev–Trinajstić information content (AvgIpc) is 1.85. The molecule has 1 saturated heterocycles. The van der Waals surface area contributed by atoms with Gasteiger partial charge in [-0.2, -0.15) is 0 Å². The van der Waals surface area contributed by atoms with Gasteiger partial charge >= 0.3 is 0 Å². The quantitative estimate of drug-likeness (QED) is 0.594. The zero-order valence-electron chi connectivity index (χ0n) is 7.01. The molecule has 1 aliphatic rings. The normalized spacial score (nSPS) is 14.3. The minimum Gasteiger partial charge on any atom is -0.317 e. The van der Waals surface area contributed by atoms with Crippen LogP contribution in [0.25, 0.3) is 0 Å². The van der Waals surface area contributed by atoms with Crippen LogP contribution in [0.5, 0.6) is 0 Å². The summed E-state index contributed by atoms with van der Waals surface area (Å²) >= 11 is 0. The fourth-order valence-corrected chi connectivity index (χ4v) is 0.711. The summed E-state index contributed by atoms with van der Waals surface area (Å²) in [7, 11) is 0. The lowest BCUT2D eigenvalue weighted by Gasteiger charge is -2.09. The molecule has 0 atom stereocenters. The fourth-order valence-electron chi connectivity index (χ4n) is 0.711. The second-order valence-corrected chi connectivity index (χ2v) is 2.76. The third-order valence-electron chi connectivity index (χ3n) is 1.65. The van der Waals surface area contributed by atoms with Crippen LogP contribution in [-0.4, -0.2) is 13.1 Å². The summed E-state index contributed by atoms with van der Waals surface area (Å²) < 4.78 is 0. The van der Waals surface area contributed by atoms with Crippen molar-refractivity contribution < 1.29 is 0 Å². The van der Waals surface area contributed by atoms with E-state index in [4.69, 9.17) is 0 Å². The lowest BCUT2D eigenvalue weighted by Crippen LogP contribution is -2.29. The molecule has 1 fully saturated rings. The van der Waals surface area contributed by atoms with Gasteiger partial charge in [0, 0.05) is 0 Å². The Balaban J connectivity index is 0.000000128. The molecule has 0 bridgehead atoms. The maximum atomic E-state index is 3.11. The molecule has 11 heavy (non-hydrogen) atoms. The molecular formula is C10H15N. The lowest BCUT2D eigenvalue weighted by molar-refractivity contribution is 0.527. The highest BCUT2D eigenvalue weighted by Gasteiger charge is 1.92. The number of hydrogen-bond donors (Lipinski definition) is 1. The molecule has 2 rings (SSSR count). The van der Waals surface area contributed by atoms with E-state index in [1.54, 1.807) is 0 Å². The van der Waals surface area contributed by atoms with Crippen LogP contribution in [0.4, 0.5) is 0 Å². The molecule has 1 aromatic rings. The Morgan fingerprint density at radius 1 is 1.09 bits per heavy atom. The largest absolute Gasteiger partial charge is 0.317 e. The van der Waals surface area contributed by atoms with Gasteiger partial charge in [-0.05, 0) is 26.4 Å². The zero-order valence-corrected chi connectivity index (χ0v) is 7.01. The predicted octanol–water partition coefficient (Wildman–Crippen LogP) is 1.97. The molecule has 1 aromatic carbocycles. The van der Waals surface area contributed by atoms with E-state index in [1.807, 2.05) is 18.2 Å². The Bertz CT molecular complexity index is 173. The molecule has 0 aliphatic carbocycles. The second-order valence-electron chi connectivity index (χ2n) is 2.76. The van der Waals surface area contributed by atoms with Crippen LogP contribution in [0.1, 0.15) is 12.0 Å². The van der Waals surface area contributed by atoms with Crippen LogP contribution in [-0.2, 0) is 0 Å². The average molecular weight is 149 g/mol. The topological polar surface area (TPSA) is 12.0 Å². The second kappa shape index (κ2) is 4.91. The Morgan fingerprint density at radius 2 is 1.55 bits per heavy atom. The van der Waals surface area contributed by atoms with Crippen LogP contribution in [0.15, 0.2) is 30.3 Å². The maximum Gasteiger partial charge on any atom is -0.00368 e. The first-order chi connectivity index (χ1) is 5.39. The number of hydrogen-bond acceptors (Lipinski definition) is 1. The number of aryl methyl sites for hydroxylation is 1. The van der Waals surface area contributed by atoms with E-state index in [0.717, 1.165) is 0 Å². The molecular weight excluding hydrogens is 134 g/mol. The van der Waals surface area contributed by atoms with Crippen molar-refractivity contribution in [1.29, 1.82) is 0 Å². The third-order valence-corrected chi connectivity index (χ3v) is 1.65. The van der Waals surface area contributed by atoms with E-state index in [9.17, 15) is 0 Å². The van der Waals surface area contributed by atoms with Crippen LogP contribution in [0.2, 0.25) is 0 Å². The first kappa shape index (κ1) is 8.28. The van der Waals surface area contributed by atoms with Crippen LogP contribution in [0, 0.1) is 6.92 Å². The predicted molar refractivity (Wildman–Crippen MR) is 48.7 cm³/mol. The van der Waals surface area contributed by atoms with E-state index < -0.39 is 0 Å². The lowest BCUT2D eigenvalue weighted by atomic mass is 10.2. The van der Waals surface area contributed by atoms with Gasteiger partial charge in [0.25, 0.3) is 0 Å². The van der Waals surface area contributed by atoms with Crippen molar-refractivity contribution in [3.05, 3.63) is 35.9 Å². The molecule has 1 N–H and O–H groups in total. The van der Waals surface area contributed by atoms with Gasteiger partial charge in [0.1, 0.15) is 0 Å². The highest BCUT2D eigenvalue weighted by Crippen LogP contribution is 1.92. The number of benzene rings is 1. The van der Waals surface area contributed by atoms with Crippen molar-refractivity contribution in [2.24, 2.45) is 0 Å². The minimum absolute atomic E-state index is 1.25. The summed E-state index contributed by atoms with van der Waals surface area (Å²) in [6.07, 6.45) is 1.39. The minimum atomic E-state index is 1.25. The highest BCUT2D eigenvalue weighted by molar-refractivity contribution is 5.11. The standard InChI is InChI=1S/C7H8.C3H7N/c1-7-5-3-2-4-6-7;1-2-4-3-1/h2-6H,1H3;4H,1-3H2. The summed E-state index contributed by atoms with van der Waals surface area (Å²) in [5.74, 6) is 0. The molecule has 60 valence electrons. The summed E-state index contributed by atoms with van der Waals surface area (Å²) in [6, 6.07) is 10.3. The molecule has 0 spiro atoms. The van der Waals surface area contributed by atoms with Gasteiger partial charge in [-0.3, -0.25) is 0 Å². The summed E-state index contributed by atoms with van der Waals surface area (Å²) in [5.41, 5.74) is 1.32. The van der Waals surface area contributed by atoms with Crippen molar-refractivity contribution >= 4 is 0 Å². The van der Waals surface area contributed by atoms with Gasteiger partial charge in [0.15, 0.2) is 0 Å². The zero-order chi connectivity index (χ0) is 7.94. The molecule has 0 aromatic heterocycles. The van der Waals surface area contributed by atoms with E-state index >= 15 is 0 Å². The number of nitrogens with one attached hydrogen (secondary N) is 1. The van der Waals surface area contributed by atoms with Crippen LogP contribution in [0.3, 0.4) is 0 Å². The van der Waals surface area contributed by atoms with Gasteiger partial charge in [-0.25, -0.2) is 0 Å². The van der Waals surface area contributed by atoms with Gasteiger partial charge in [0.2, 0.25) is 0 Å². The SMILES string of the molecule is C1CNC1.Cc1ccccc1. The molecule has 1 aliphatic heterocycles. The van der Waals surface area contributed by atoms with Gasteiger partial charge in [0.05, 0.1) is 0 Å². The fraction of sp³-hybridized carbons (Fsp3) is 0.400. The van der Waals surface area contributed by atoms with E-state index in [-0.39, 0.29) is 0 Å². The first-order valence-corrected chi connectivity index (χ1v) is 4.12. The molecule has 1 heteroatoms. The molecule has 1 nitrogen and oxygen atoms in total. The summed E-state index contributed by atoms with van der Waals surface area (Å²) in [6.45, 7) is 4.58. The summed E-state index contributed by atoms with van der Waals surface area (Å²) in [4.78, 5) is 0. The molecule has 0 radical (unpaired) electrons. The monoisotopic (exact) mass is 149 g/mol. The van der Waals surface area contributed by atoms with Crippen LogP contribution >= 0.6 is 0 Å². The van der Waals surface area contributed by atoms with E-state index in [0.29, 0.717) is 0 Å². The Labute approximate surface area is 68.4 Å². The van der Waals surface area contributed by atoms with Crippen LogP contribution < -0.4 is 5.32 Å². The van der Waals surface area contributed by atoms with Crippen molar-refractivity contribution in [2.45, 2.75) is 13.3 Å². The smallest absolute Gasteiger partial charge is 0.00368 e. The molecule has 1 heterocycles. The third kappa shape index (κ3) is 3.79. The van der Waals surface area contributed by atoms with Gasteiger partial charge in [-0.15, -0.1) is 0 Å². The van der Waals surface area contributed by atoms with Crippen molar-refractivity contribution in [3.8, 4) is 0 Å². The van der Waals surface area contributed by atoms with Gasteiger partial charge < -0.3 is 5.32 Å². The van der Waals surface area contributed by atoms with Crippen molar-refractivity contribution in [2.75, 3.05) is 13.1 Å². The first-order valence-electron chi connectivity index (χ1n) is 4.12. The molecule has 0 saturated carbocycles. The Hall–Kier alpha value is -0.820. The molecule has 0 unspecified atom stereocenters. The Kier molecular flexibility index (Phi) is 3.70. The summed E-state index contributed by atoms with van der Waals surface area (Å²) in [5, 5.41) is 3.11. The van der Waals surface area contributed by atoms with Crippen molar-refractivity contribution in [1.82, 2.24) is 5.32 Å². The maximum absolute atomic E-state index is 3.11.